The zero-order valence-electron chi connectivity index (χ0n) is 18.0. The first kappa shape index (κ1) is 21.1. The molecule has 168 valence electrons. The van der Waals surface area contributed by atoms with Crippen LogP contribution < -0.4 is 0 Å². The molecule has 0 unspecified atom stereocenters. The highest BCUT2D eigenvalue weighted by Crippen LogP contribution is 2.32. The average Bonchev–Trinajstić information content (AvgIpc) is 3.49. The Hall–Kier alpha value is -2.78. The Morgan fingerprint density at radius 1 is 1.00 bits per heavy atom. The van der Waals surface area contributed by atoms with Crippen LogP contribution in [-0.2, 0) is 14.8 Å². The number of carbonyl (C=O) groups excluding carboxylic acids is 1. The zero-order chi connectivity index (χ0) is 22.3. The van der Waals surface area contributed by atoms with E-state index >= 15 is 0 Å². The first-order chi connectivity index (χ1) is 15.4. The molecule has 0 radical (unpaired) electrons. The Morgan fingerprint density at radius 3 is 2.50 bits per heavy atom. The summed E-state index contributed by atoms with van der Waals surface area (Å²) in [6.07, 6.45) is 2.02. The lowest BCUT2D eigenvalue weighted by Gasteiger charge is -2.32. The number of piperidine rings is 1. The Labute approximate surface area is 187 Å². The molecule has 0 spiro atoms. The number of sulfonamides is 1. The van der Waals surface area contributed by atoms with Gasteiger partial charge in [0, 0.05) is 38.0 Å². The van der Waals surface area contributed by atoms with E-state index in [1.807, 2.05) is 4.90 Å². The molecule has 3 aromatic rings. The van der Waals surface area contributed by atoms with Gasteiger partial charge in [-0.3, -0.25) is 4.79 Å². The van der Waals surface area contributed by atoms with Gasteiger partial charge in [0.05, 0.1) is 0 Å². The van der Waals surface area contributed by atoms with E-state index in [2.05, 4.69) is 41.5 Å². The fourth-order valence-corrected chi connectivity index (χ4v) is 6.41. The van der Waals surface area contributed by atoms with E-state index in [1.165, 1.54) is 21.5 Å². The fraction of sp³-hybridized carbons (Fsp3) is 0.435. The van der Waals surface area contributed by atoms with Crippen molar-refractivity contribution >= 4 is 27.0 Å². The number of aryl methyl sites for hydroxylation is 1. The van der Waals surface area contributed by atoms with Crippen molar-refractivity contribution in [3.05, 3.63) is 53.6 Å². The number of benzene rings is 2. The molecule has 8 nitrogen and oxygen atoms in total. The number of hydrogen-bond acceptors (Lipinski definition) is 6. The second-order valence-electron chi connectivity index (χ2n) is 8.75. The van der Waals surface area contributed by atoms with Crippen molar-refractivity contribution in [2.75, 3.05) is 26.2 Å². The van der Waals surface area contributed by atoms with Crippen LogP contribution in [0.5, 0.6) is 0 Å². The molecule has 1 amide bonds. The molecule has 2 saturated heterocycles. The predicted molar refractivity (Wildman–Crippen MR) is 118 cm³/mol. The smallest absolute Gasteiger partial charge is 0.245 e. The molecule has 2 fully saturated rings. The van der Waals surface area contributed by atoms with Gasteiger partial charge in [0.1, 0.15) is 10.4 Å². The standard InChI is InChI=1S/C23H26N4O4S/c1-16-5-7-17(8-6-16)19-9-12-26(15-19)23(28)18-10-13-27(14-11-18)32(29,30)21-4-2-3-20-22(21)25-31-24-20/h2-8,18-19H,9-15H2,1H3/t19-/m0/s1. The van der Waals surface area contributed by atoms with Gasteiger partial charge in [-0.25, -0.2) is 13.0 Å². The number of likely N-dealkylation sites (tertiary alicyclic amines) is 1. The average molecular weight is 455 g/mol. The first-order valence-corrected chi connectivity index (χ1v) is 12.4. The lowest BCUT2D eigenvalue weighted by atomic mass is 9.96. The normalized spacial score (nSPS) is 20.8. The Balaban J connectivity index is 1.22. The summed E-state index contributed by atoms with van der Waals surface area (Å²) in [6, 6.07) is 13.4. The van der Waals surface area contributed by atoms with Crippen molar-refractivity contribution in [3.8, 4) is 0 Å². The summed E-state index contributed by atoms with van der Waals surface area (Å²) in [4.78, 5) is 15.2. The summed E-state index contributed by atoms with van der Waals surface area (Å²) in [6.45, 7) is 4.20. The largest absolute Gasteiger partial charge is 0.342 e. The van der Waals surface area contributed by atoms with Crippen molar-refractivity contribution in [1.82, 2.24) is 19.5 Å². The zero-order valence-corrected chi connectivity index (χ0v) is 18.8. The topological polar surface area (TPSA) is 96.6 Å². The molecule has 9 heteroatoms. The van der Waals surface area contributed by atoms with E-state index in [-0.39, 0.29) is 22.2 Å². The summed E-state index contributed by atoms with van der Waals surface area (Å²) in [7, 11) is -3.73. The van der Waals surface area contributed by atoms with Crippen LogP contribution in [0.1, 0.15) is 36.3 Å². The van der Waals surface area contributed by atoms with Crippen LogP contribution in [0.4, 0.5) is 0 Å². The van der Waals surface area contributed by atoms with Crippen molar-refractivity contribution < 1.29 is 17.8 Å². The Kier molecular flexibility index (Phi) is 5.46. The fourth-order valence-electron chi connectivity index (χ4n) is 4.80. The van der Waals surface area contributed by atoms with Gasteiger partial charge in [0.25, 0.3) is 0 Å². The Morgan fingerprint density at radius 2 is 1.75 bits per heavy atom. The minimum absolute atomic E-state index is 0.0986. The number of carbonyl (C=O) groups is 1. The monoisotopic (exact) mass is 454 g/mol. The molecule has 0 N–H and O–H groups in total. The number of nitrogens with zero attached hydrogens (tertiary/aromatic N) is 4. The molecule has 2 aromatic carbocycles. The molecule has 0 aliphatic carbocycles. The van der Waals surface area contributed by atoms with Gasteiger partial charge in [-0.2, -0.15) is 4.31 Å². The summed E-state index contributed by atoms with van der Waals surface area (Å²) in [5.41, 5.74) is 3.17. The number of amides is 1. The van der Waals surface area contributed by atoms with E-state index in [1.54, 1.807) is 12.1 Å². The van der Waals surface area contributed by atoms with Crippen LogP contribution in [0, 0.1) is 12.8 Å². The number of fused-ring (bicyclic) bond motifs is 1. The molecule has 0 saturated carbocycles. The van der Waals surface area contributed by atoms with E-state index < -0.39 is 10.0 Å². The SMILES string of the molecule is Cc1ccc([C@H]2CCN(C(=O)C3CCN(S(=O)(=O)c4cccc5nonc45)CC3)C2)cc1. The second-order valence-corrected chi connectivity index (χ2v) is 10.7. The predicted octanol–water partition coefficient (Wildman–Crippen LogP) is 2.95. The van der Waals surface area contributed by atoms with Gasteiger partial charge >= 0.3 is 0 Å². The maximum Gasteiger partial charge on any atom is 0.245 e. The number of aromatic nitrogens is 2. The van der Waals surface area contributed by atoms with Gasteiger partial charge < -0.3 is 4.90 Å². The summed E-state index contributed by atoms with van der Waals surface area (Å²) >= 11 is 0. The molecular formula is C23H26N4O4S. The van der Waals surface area contributed by atoms with Gasteiger partial charge in [-0.15, -0.1) is 0 Å². The van der Waals surface area contributed by atoms with Crippen molar-refractivity contribution in [3.63, 3.8) is 0 Å². The highest BCUT2D eigenvalue weighted by Gasteiger charge is 2.37. The van der Waals surface area contributed by atoms with Crippen molar-refractivity contribution in [2.24, 2.45) is 5.92 Å². The molecule has 2 aliphatic rings. The lowest BCUT2D eigenvalue weighted by molar-refractivity contribution is -0.135. The third-order valence-electron chi connectivity index (χ3n) is 6.72. The van der Waals surface area contributed by atoms with Gasteiger partial charge in [-0.1, -0.05) is 35.9 Å². The molecule has 2 aliphatic heterocycles. The van der Waals surface area contributed by atoms with E-state index in [9.17, 15) is 13.2 Å². The maximum atomic E-state index is 13.2. The highest BCUT2D eigenvalue weighted by molar-refractivity contribution is 7.89. The minimum Gasteiger partial charge on any atom is -0.342 e. The summed E-state index contributed by atoms with van der Waals surface area (Å²) < 4.78 is 32.5. The van der Waals surface area contributed by atoms with E-state index in [4.69, 9.17) is 4.63 Å². The Bertz CT molecular complexity index is 1230. The van der Waals surface area contributed by atoms with E-state index in [0.29, 0.717) is 37.4 Å². The molecule has 5 rings (SSSR count). The van der Waals surface area contributed by atoms with Crippen LogP contribution >= 0.6 is 0 Å². The second kappa shape index (κ2) is 8.29. The molecular weight excluding hydrogens is 428 g/mol. The van der Waals surface area contributed by atoms with Crippen molar-refractivity contribution in [2.45, 2.75) is 37.0 Å². The molecule has 1 aromatic heterocycles. The van der Waals surface area contributed by atoms with Crippen LogP contribution in [-0.4, -0.2) is 60.0 Å². The summed E-state index contributed by atoms with van der Waals surface area (Å²) in [5.74, 6) is 0.388. The molecule has 0 bridgehead atoms. The van der Waals surface area contributed by atoms with Crippen LogP contribution in [0.25, 0.3) is 11.0 Å². The van der Waals surface area contributed by atoms with Crippen molar-refractivity contribution in [1.29, 1.82) is 0 Å². The van der Waals surface area contributed by atoms with Crippen LogP contribution in [0.15, 0.2) is 52.0 Å². The highest BCUT2D eigenvalue weighted by atomic mass is 32.2. The summed E-state index contributed by atoms with van der Waals surface area (Å²) in [5, 5.41) is 7.49. The van der Waals surface area contributed by atoms with Gasteiger partial charge in [0.15, 0.2) is 5.52 Å². The van der Waals surface area contributed by atoms with E-state index in [0.717, 1.165) is 19.5 Å². The quantitative estimate of drug-likeness (QED) is 0.601. The third-order valence-corrected chi connectivity index (χ3v) is 8.65. The molecule has 3 heterocycles. The van der Waals surface area contributed by atoms with Gasteiger partial charge in [-0.05, 0) is 54.2 Å². The van der Waals surface area contributed by atoms with Crippen LogP contribution in [0.3, 0.4) is 0 Å². The van der Waals surface area contributed by atoms with Gasteiger partial charge in [0.2, 0.25) is 15.9 Å². The first-order valence-electron chi connectivity index (χ1n) is 11.0. The number of rotatable bonds is 4. The molecule has 32 heavy (non-hydrogen) atoms. The third kappa shape index (κ3) is 3.80. The number of hydrogen-bond donors (Lipinski definition) is 0. The van der Waals surface area contributed by atoms with Crippen LogP contribution in [0.2, 0.25) is 0 Å². The lowest BCUT2D eigenvalue weighted by Crippen LogP contribution is -2.43. The maximum absolute atomic E-state index is 13.2. The molecule has 1 atom stereocenters. The minimum atomic E-state index is -3.73.